The molecule has 0 aromatic carbocycles. The quantitative estimate of drug-likeness (QED) is 0.846. The van der Waals surface area contributed by atoms with Crippen LogP contribution in [-0.4, -0.2) is 23.6 Å². The van der Waals surface area contributed by atoms with Crippen molar-refractivity contribution in [3.63, 3.8) is 0 Å². The van der Waals surface area contributed by atoms with Crippen LogP contribution in [0.1, 0.15) is 24.4 Å². The summed E-state index contributed by atoms with van der Waals surface area (Å²) in [5.74, 6) is 1.57. The van der Waals surface area contributed by atoms with Gasteiger partial charge in [0, 0.05) is 18.5 Å². The molecule has 0 aliphatic carbocycles. The third-order valence-electron chi connectivity index (χ3n) is 2.78. The van der Waals surface area contributed by atoms with Crippen molar-refractivity contribution < 1.29 is 4.74 Å². The Balaban J connectivity index is 2.46. The van der Waals surface area contributed by atoms with Crippen LogP contribution in [-0.2, 0) is 17.8 Å². The first-order valence-corrected chi connectivity index (χ1v) is 8.18. The second-order valence-corrected chi connectivity index (χ2v) is 6.20. The van der Waals surface area contributed by atoms with E-state index in [0.29, 0.717) is 6.61 Å². The Morgan fingerprint density at radius 2 is 2.10 bits per heavy atom. The molecular weight excluding hydrogens is 338 g/mol. The van der Waals surface area contributed by atoms with E-state index in [9.17, 15) is 0 Å². The predicted octanol–water partition coefficient (Wildman–Crippen LogP) is 4.11. The van der Waals surface area contributed by atoms with Gasteiger partial charge in [-0.15, -0.1) is 11.3 Å². The summed E-state index contributed by atoms with van der Waals surface area (Å²) in [6, 6.07) is 4.22. The summed E-state index contributed by atoms with van der Waals surface area (Å²) in [4.78, 5) is 11.6. The minimum atomic E-state index is 0.459. The average molecular weight is 356 g/mol. The normalized spacial score (nSPS) is 10.8. The predicted molar refractivity (Wildman–Crippen MR) is 87.3 cm³/mol. The fourth-order valence-electron chi connectivity index (χ4n) is 1.81. The van der Waals surface area contributed by atoms with Gasteiger partial charge in [0.25, 0.3) is 0 Å². The second-order valence-electron chi connectivity index (χ2n) is 4.24. The molecule has 0 fully saturated rings. The number of thiophene rings is 1. The highest BCUT2D eigenvalue weighted by Crippen LogP contribution is 2.31. The van der Waals surface area contributed by atoms with Gasteiger partial charge in [-0.05, 0) is 41.4 Å². The van der Waals surface area contributed by atoms with Crippen molar-refractivity contribution in [1.29, 1.82) is 0 Å². The number of ether oxygens (including phenoxy) is 1. The molecule has 0 spiro atoms. The van der Waals surface area contributed by atoms with Gasteiger partial charge in [0.05, 0.1) is 21.7 Å². The van der Waals surface area contributed by atoms with Gasteiger partial charge in [0.2, 0.25) is 0 Å². The van der Waals surface area contributed by atoms with Crippen LogP contribution in [0.2, 0.25) is 0 Å². The number of hydrogen-bond donors (Lipinski definition) is 1. The number of aryl methyl sites for hydroxylation is 1. The van der Waals surface area contributed by atoms with E-state index in [1.165, 1.54) is 4.88 Å². The molecule has 0 aliphatic rings. The van der Waals surface area contributed by atoms with Gasteiger partial charge in [-0.3, -0.25) is 0 Å². The van der Waals surface area contributed by atoms with Crippen LogP contribution >= 0.6 is 27.3 Å². The maximum atomic E-state index is 5.21. The van der Waals surface area contributed by atoms with Gasteiger partial charge in [0.1, 0.15) is 5.82 Å². The fourth-order valence-corrected chi connectivity index (χ4v) is 3.12. The van der Waals surface area contributed by atoms with E-state index in [1.54, 1.807) is 18.4 Å². The lowest BCUT2D eigenvalue weighted by Gasteiger charge is -2.11. The molecule has 2 aromatic rings. The van der Waals surface area contributed by atoms with Crippen LogP contribution < -0.4 is 5.32 Å². The summed E-state index contributed by atoms with van der Waals surface area (Å²) in [6.07, 6.45) is 1.03. The molecule has 2 heterocycles. The van der Waals surface area contributed by atoms with Crippen LogP contribution in [0.4, 0.5) is 5.82 Å². The van der Waals surface area contributed by atoms with Crippen LogP contribution in [0.3, 0.4) is 0 Å². The van der Waals surface area contributed by atoms with E-state index in [-0.39, 0.29) is 0 Å². The standard InChI is InChI=1S/C14H18BrN3OS/c1-4-9-6-7-11(20-9)13-17-10(8-19-3)12(15)14(18-13)16-5-2/h6-7H,4-5,8H2,1-3H3,(H,16,17,18). The largest absolute Gasteiger partial charge is 0.378 e. The Morgan fingerprint density at radius 1 is 1.30 bits per heavy atom. The average Bonchev–Trinajstić information content (AvgIpc) is 2.92. The number of nitrogens with one attached hydrogen (secondary N) is 1. The molecule has 2 rings (SSSR count). The molecule has 0 radical (unpaired) electrons. The summed E-state index contributed by atoms with van der Waals surface area (Å²) in [5.41, 5.74) is 0.861. The molecule has 0 saturated heterocycles. The number of nitrogens with zero attached hydrogens (tertiary/aromatic N) is 2. The van der Waals surface area contributed by atoms with Gasteiger partial charge >= 0.3 is 0 Å². The smallest absolute Gasteiger partial charge is 0.172 e. The summed E-state index contributed by atoms with van der Waals surface area (Å²) < 4.78 is 6.09. The van der Waals surface area contributed by atoms with Crippen molar-refractivity contribution in [3.8, 4) is 10.7 Å². The number of aromatic nitrogens is 2. The van der Waals surface area contributed by atoms with Crippen molar-refractivity contribution in [2.24, 2.45) is 0 Å². The number of hydrogen-bond acceptors (Lipinski definition) is 5. The van der Waals surface area contributed by atoms with Gasteiger partial charge < -0.3 is 10.1 Å². The number of methoxy groups -OCH3 is 1. The van der Waals surface area contributed by atoms with Crippen molar-refractivity contribution in [2.75, 3.05) is 19.0 Å². The Morgan fingerprint density at radius 3 is 2.70 bits per heavy atom. The van der Waals surface area contributed by atoms with E-state index in [1.807, 2.05) is 6.92 Å². The first kappa shape index (κ1) is 15.4. The first-order valence-electron chi connectivity index (χ1n) is 6.57. The van der Waals surface area contributed by atoms with E-state index in [4.69, 9.17) is 4.74 Å². The summed E-state index contributed by atoms with van der Waals surface area (Å²) in [6.45, 7) is 5.47. The van der Waals surface area contributed by atoms with Crippen LogP contribution in [0.5, 0.6) is 0 Å². The third-order valence-corrected chi connectivity index (χ3v) is 4.83. The highest BCUT2D eigenvalue weighted by molar-refractivity contribution is 9.10. The zero-order chi connectivity index (χ0) is 14.5. The van der Waals surface area contributed by atoms with Gasteiger partial charge in [-0.2, -0.15) is 0 Å². The molecule has 0 unspecified atom stereocenters. The lowest BCUT2D eigenvalue weighted by molar-refractivity contribution is 0.181. The Hall–Kier alpha value is -0.980. The fraction of sp³-hybridized carbons (Fsp3) is 0.429. The summed E-state index contributed by atoms with van der Waals surface area (Å²) in [7, 11) is 1.67. The Kier molecular flexibility index (Phi) is 5.51. The van der Waals surface area contributed by atoms with Crippen molar-refractivity contribution >= 4 is 33.1 Å². The van der Waals surface area contributed by atoms with Crippen LogP contribution in [0.25, 0.3) is 10.7 Å². The molecular formula is C14H18BrN3OS. The molecule has 108 valence electrons. The molecule has 6 heteroatoms. The highest BCUT2D eigenvalue weighted by atomic mass is 79.9. The van der Waals surface area contributed by atoms with Crippen LogP contribution in [0.15, 0.2) is 16.6 Å². The molecule has 20 heavy (non-hydrogen) atoms. The molecule has 0 aliphatic heterocycles. The summed E-state index contributed by atoms with van der Waals surface area (Å²) in [5, 5.41) is 3.26. The van der Waals surface area contributed by atoms with E-state index in [2.05, 4.69) is 50.3 Å². The van der Waals surface area contributed by atoms with Crippen LogP contribution in [0, 0.1) is 0 Å². The number of rotatable bonds is 6. The molecule has 1 N–H and O–H groups in total. The minimum Gasteiger partial charge on any atom is -0.378 e. The topological polar surface area (TPSA) is 47.0 Å². The molecule has 0 amide bonds. The van der Waals surface area contributed by atoms with E-state index >= 15 is 0 Å². The minimum absolute atomic E-state index is 0.459. The SMILES string of the molecule is CCNc1nc(-c2ccc(CC)s2)nc(COC)c1Br. The zero-order valence-electron chi connectivity index (χ0n) is 11.9. The Labute approximate surface area is 131 Å². The van der Waals surface area contributed by atoms with Gasteiger partial charge in [-0.1, -0.05) is 6.92 Å². The molecule has 0 saturated carbocycles. The monoisotopic (exact) mass is 355 g/mol. The number of halogens is 1. The third kappa shape index (κ3) is 3.37. The molecule has 4 nitrogen and oxygen atoms in total. The summed E-state index contributed by atoms with van der Waals surface area (Å²) >= 11 is 5.28. The first-order chi connectivity index (χ1) is 9.69. The molecule has 0 bridgehead atoms. The van der Waals surface area contributed by atoms with Crippen molar-refractivity contribution in [2.45, 2.75) is 26.9 Å². The molecule has 0 atom stereocenters. The van der Waals surface area contributed by atoms with Gasteiger partial charge in [0.15, 0.2) is 5.82 Å². The maximum absolute atomic E-state index is 5.21. The van der Waals surface area contributed by atoms with E-state index in [0.717, 1.165) is 39.7 Å². The van der Waals surface area contributed by atoms with Gasteiger partial charge in [-0.25, -0.2) is 9.97 Å². The lowest BCUT2D eigenvalue weighted by Crippen LogP contribution is -2.06. The Bertz CT molecular complexity index is 559. The highest BCUT2D eigenvalue weighted by Gasteiger charge is 2.14. The number of anilines is 1. The van der Waals surface area contributed by atoms with E-state index < -0.39 is 0 Å². The maximum Gasteiger partial charge on any atom is 0.172 e. The second kappa shape index (κ2) is 7.15. The molecule has 2 aromatic heterocycles. The van der Waals surface area contributed by atoms with Crippen molar-refractivity contribution in [3.05, 3.63) is 27.2 Å². The zero-order valence-corrected chi connectivity index (χ0v) is 14.3. The lowest BCUT2D eigenvalue weighted by atomic mass is 10.3. The van der Waals surface area contributed by atoms with Crippen molar-refractivity contribution in [1.82, 2.24) is 9.97 Å².